The third kappa shape index (κ3) is 2.56. The fourth-order valence-corrected chi connectivity index (χ4v) is 2.73. The van der Waals surface area contributed by atoms with E-state index in [-0.39, 0.29) is 12.8 Å². The molecule has 2 nitrogen and oxygen atoms in total. The molecule has 2 rings (SSSR count). The second-order valence-corrected chi connectivity index (χ2v) is 4.92. The van der Waals surface area contributed by atoms with Crippen LogP contribution in [0.5, 0.6) is 5.75 Å². The van der Waals surface area contributed by atoms with Gasteiger partial charge in [0.05, 0.1) is 7.11 Å². The number of halogens is 3. The molecule has 1 aromatic rings. The maximum atomic E-state index is 13.4. The minimum atomic E-state index is -4.25. The number of methoxy groups -OCH3 is 1. The molecule has 0 saturated carbocycles. The molecule has 0 aliphatic heterocycles. The summed E-state index contributed by atoms with van der Waals surface area (Å²) < 4.78 is 45.2. The molecule has 0 saturated heterocycles. The molecule has 0 bridgehead atoms. The summed E-state index contributed by atoms with van der Waals surface area (Å²) in [5.41, 5.74) is -0.0938. The number of alkyl halides is 3. The Morgan fingerprint density at radius 3 is 2.63 bits per heavy atom. The van der Waals surface area contributed by atoms with Crippen LogP contribution in [0.3, 0.4) is 0 Å². The highest BCUT2D eigenvalue weighted by Gasteiger charge is 2.55. The number of fused-ring (bicyclic) bond motifs is 1. The molecule has 1 atom stereocenters. The number of aryl methyl sites for hydroxylation is 1. The van der Waals surface area contributed by atoms with Crippen LogP contribution < -0.4 is 10.1 Å². The molecule has 1 unspecified atom stereocenters. The van der Waals surface area contributed by atoms with Crippen molar-refractivity contribution in [1.82, 2.24) is 5.32 Å². The van der Waals surface area contributed by atoms with Crippen LogP contribution in [0.25, 0.3) is 0 Å². The molecular formula is C14H18F3NO. The quantitative estimate of drug-likeness (QED) is 0.913. The summed E-state index contributed by atoms with van der Waals surface area (Å²) >= 11 is 0. The van der Waals surface area contributed by atoms with E-state index in [0.29, 0.717) is 18.7 Å². The van der Waals surface area contributed by atoms with E-state index in [1.165, 1.54) is 7.11 Å². The maximum Gasteiger partial charge on any atom is 0.406 e. The highest BCUT2D eigenvalue weighted by atomic mass is 19.4. The maximum absolute atomic E-state index is 13.4. The Labute approximate surface area is 111 Å². The van der Waals surface area contributed by atoms with E-state index >= 15 is 0 Å². The Balaban J connectivity index is 2.37. The van der Waals surface area contributed by atoms with Crippen molar-refractivity contribution in [2.75, 3.05) is 13.7 Å². The monoisotopic (exact) mass is 273 g/mol. The topological polar surface area (TPSA) is 21.3 Å². The van der Waals surface area contributed by atoms with Gasteiger partial charge in [-0.15, -0.1) is 0 Å². The number of likely N-dealkylation sites (N-methyl/N-ethyl adjacent to an activating group) is 1. The van der Waals surface area contributed by atoms with Crippen LogP contribution in [0.2, 0.25) is 0 Å². The van der Waals surface area contributed by atoms with E-state index < -0.39 is 11.7 Å². The molecule has 1 aliphatic rings. The van der Waals surface area contributed by atoms with Gasteiger partial charge in [-0.25, -0.2) is 0 Å². The van der Waals surface area contributed by atoms with Gasteiger partial charge in [0.2, 0.25) is 0 Å². The largest absolute Gasteiger partial charge is 0.497 e. The minimum Gasteiger partial charge on any atom is -0.497 e. The lowest BCUT2D eigenvalue weighted by Gasteiger charge is -2.40. The van der Waals surface area contributed by atoms with Crippen molar-refractivity contribution >= 4 is 0 Å². The zero-order valence-electron chi connectivity index (χ0n) is 11.1. The van der Waals surface area contributed by atoms with Crippen LogP contribution in [0.4, 0.5) is 13.2 Å². The van der Waals surface area contributed by atoms with Gasteiger partial charge in [-0.05, 0) is 49.1 Å². The number of hydrogen-bond acceptors (Lipinski definition) is 2. The molecule has 1 N–H and O–H groups in total. The van der Waals surface area contributed by atoms with Crippen molar-refractivity contribution in [2.45, 2.75) is 37.9 Å². The molecule has 0 amide bonds. The Morgan fingerprint density at radius 1 is 1.32 bits per heavy atom. The van der Waals surface area contributed by atoms with Crippen molar-refractivity contribution in [3.8, 4) is 5.75 Å². The van der Waals surface area contributed by atoms with Gasteiger partial charge >= 0.3 is 6.18 Å². The Bertz CT molecular complexity index is 458. The van der Waals surface area contributed by atoms with E-state index in [1.54, 1.807) is 19.1 Å². The van der Waals surface area contributed by atoms with Gasteiger partial charge in [0.25, 0.3) is 0 Å². The van der Waals surface area contributed by atoms with E-state index in [4.69, 9.17) is 4.74 Å². The average Bonchev–Trinajstić information content (AvgIpc) is 2.37. The van der Waals surface area contributed by atoms with Crippen molar-refractivity contribution < 1.29 is 17.9 Å². The second kappa shape index (κ2) is 5.04. The van der Waals surface area contributed by atoms with Gasteiger partial charge in [-0.3, -0.25) is 0 Å². The number of nitrogens with one attached hydrogen (secondary N) is 1. The van der Waals surface area contributed by atoms with Gasteiger partial charge in [0.1, 0.15) is 11.3 Å². The van der Waals surface area contributed by atoms with E-state index in [9.17, 15) is 13.2 Å². The Kier molecular flexibility index (Phi) is 3.76. The van der Waals surface area contributed by atoms with Crippen LogP contribution in [0.1, 0.15) is 24.5 Å². The summed E-state index contributed by atoms with van der Waals surface area (Å²) in [6.07, 6.45) is -3.75. The first-order valence-electron chi connectivity index (χ1n) is 6.39. The molecule has 19 heavy (non-hydrogen) atoms. The lowest BCUT2D eigenvalue weighted by atomic mass is 9.77. The van der Waals surface area contributed by atoms with E-state index in [0.717, 1.165) is 11.1 Å². The van der Waals surface area contributed by atoms with Gasteiger partial charge < -0.3 is 10.1 Å². The zero-order valence-corrected chi connectivity index (χ0v) is 11.1. The van der Waals surface area contributed by atoms with Crippen LogP contribution in [-0.2, 0) is 12.8 Å². The molecule has 1 aliphatic carbocycles. The van der Waals surface area contributed by atoms with Gasteiger partial charge in [0, 0.05) is 0 Å². The molecule has 0 fully saturated rings. The molecule has 0 heterocycles. The number of ether oxygens (including phenoxy) is 1. The second-order valence-electron chi connectivity index (χ2n) is 4.92. The first kappa shape index (κ1) is 14.2. The van der Waals surface area contributed by atoms with E-state index in [1.807, 2.05) is 6.07 Å². The molecule has 106 valence electrons. The lowest BCUT2D eigenvalue weighted by molar-refractivity contribution is -0.200. The third-order valence-corrected chi connectivity index (χ3v) is 3.78. The number of rotatable bonds is 3. The smallest absolute Gasteiger partial charge is 0.406 e. The summed E-state index contributed by atoms with van der Waals surface area (Å²) in [6, 6.07) is 5.37. The summed E-state index contributed by atoms with van der Waals surface area (Å²) in [6.45, 7) is 2.01. The van der Waals surface area contributed by atoms with Crippen molar-refractivity contribution in [1.29, 1.82) is 0 Å². The summed E-state index contributed by atoms with van der Waals surface area (Å²) in [7, 11) is 1.52. The Morgan fingerprint density at radius 2 is 2.05 bits per heavy atom. The van der Waals surface area contributed by atoms with Crippen LogP contribution in [0.15, 0.2) is 18.2 Å². The standard InChI is InChI=1S/C14H18F3NO/c1-3-18-13(14(15,16)17)7-6-10-4-5-12(19-2)8-11(10)9-13/h4-5,8,18H,3,6-7,9H2,1-2H3. The van der Waals surface area contributed by atoms with Gasteiger partial charge in [-0.1, -0.05) is 13.0 Å². The number of hydrogen-bond donors (Lipinski definition) is 1. The van der Waals surface area contributed by atoms with Gasteiger partial charge in [-0.2, -0.15) is 13.2 Å². The van der Waals surface area contributed by atoms with Crippen molar-refractivity contribution in [2.24, 2.45) is 0 Å². The van der Waals surface area contributed by atoms with Crippen LogP contribution >= 0.6 is 0 Å². The highest BCUT2D eigenvalue weighted by Crippen LogP contribution is 2.41. The average molecular weight is 273 g/mol. The van der Waals surface area contributed by atoms with Gasteiger partial charge in [0.15, 0.2) is 0 Å². The normalized spacial score (nSPS) is 23.0. The first-order chi connectivity index (χ1) is 8.92. The minimum absolute atomic E-state index is 0.0309. The summed E-state index contributed by atoms with van der Waals surface area (Å²) in [5, 5.41) is 2.65. The Hall–Kier alpha value is -1.23. The number of benzene rings is 1. The molecule has 5 heteroatoms. The first-order valence-corrected chi connectivity index (χ1v) is 6.39. The zero-order chi connectivity index (χ0) is 14.1. The SMILES string of the molecule is CCNC1(C(F)(F)F)CCc2ccc(OC)cc2C1. The van der Waals surface area contributed by atoms with Crippen molar-refractivity contribution in [3.63, 3.8) is 0 Å². The fraction of sp³-hybridized carbons (Fsp3) is 0.571. The summed E-state index contributed by atoms with van der Waals surface area (Å²) in [5.74, 6) is 0.605. The molecule has 0 aromatic heterocycles. The predicted molar refractivity (Wildman–Crippen MR) is 67.5 cm³/mol. The molecule has 0 spiro atoms. The summed E-state index contributed by atoms with van der Waals surface area (Å²) in [4.78, 5) is 0. The molecule has 1 aromatic carbocycles. The van der Waals surface area contributed by atoms with Crippen molar-refractivity contribution in [3.05, 3.63) is 29.3 Å². The molecular weight excluding hydrogens is 255 g/mol. The third-order valence-electron chi connectivity index (χ3n) is 3.78. The fourth-order valence-electron chi connectivity index (χ4n) is 2.73. The van der Waals surface area contributed by atoms with Crippen LogP contribution in [-0.4, -0.2) is 25.4 Å². The highest BCUT2D eigenvalue weighted by molar-refractivity contribution is 5.39. The predicted octanol–water partition coefficient (Wildman–Crippen LogP) is 3.09. The van der Waals surface area contributed by atoms with Crippen LogP contribution in [0, 0.1) is 0 Å². The van der Waals surface area contributed by atoms with E-state index in [2.05, 4.69) is 5.32 Å². The molecule has 0 radical (unpaired) electrons. The lowest BCUT2D eigenvalue weighted by Crippen LogP contribution is -2.59.